The number of carbonyl (C=O) groups is 1. The third kappa shape index (κ3) is 6.76. The Labute approximate surface area is 122 Å². The number of rotatable bonds is 5. The van der Waals surface area contributed by atoms with Crippen molar-refractivity contribution in [2.45, 2.75) is 65.0 Å². The van der Waals surface area contributed by atoms with Crippen LogP contribution < -0.4 is 16.0 Å². The van der Waals surface area contributed by atoms with Gasteiger partial charge in [-0.25, -0.2) is 0 Å². The maximum atomic E-state index is 11.8. The molecule has 19 heavy (non-hydrogen) atoms. The Balaban J connectivity index is 2.24. The molecule has 0 aromatic carbocycles. The minimum Gasteiger partial charge on any atom is -0.360 e. The summed E-state index contributed by atoms with van der Waals surface area (Å²) in [5, 5.41) is 9.87. The van der Waals surface area contributed by atoms with Crippen LogP contribution in [-0.4, -0.2) is 29.6 Å². The molecule has 1 amide bonds. The van der Waals surface area contributed by atoms with E-state index in [2.05, 4.69) is 29.8 Å². The van der Waals surface area contributed by atoms with Gasteiger partial charge in [-0.3, -0.25) is 4.79 Å². The van der Waals surface area contributed by atoms with Gasteiger partial charge in [0.15, 0.2) is 5.11 Å². The Morgan fingerprint density at radius 2 is 1.84 bits per heavy atom. The van der Waals surface area contributed by atoms with Crippen molar-refractivity contribution in [3.8, 4) is 0 Å². The van der Waals surface area contributed by atoms with Crippen molar-refractivity contribution in [1.29, 1.82) is 0 Å². The molecule has 1 aliphatic carbocycles. The van der Waals surface area contributed by atoms with E-state index in [0.717, 1.165) is 0 Å². The van der Waals surface area contributed by atoms with Gasteiger partial charge in [-0.1, -0.05) is 33.1 Å². The first kappa shape index (κ1) is 16.2. The SMILES string of the molecule is CC(C)CNC(=O)C(C)NC(=S)NC1CCCCC1. The van der Waals surface area contributed by atoms with Crippen molar-refractivity contribution in [3.05, 3.63) is 0 Å². The van der Waals surface area contributed by atoms with Gasteiger partial charge in [-0.05, 0) is 37.9 Å². The first-order valence-corrected chi connectivity index (χ1v) is 7.74. The Morgan fingerprint density at radius 3 is 2.42 bits per heavy atom. The zero-order chi connectivity index (χ0) is 14.3. The molecule has 3 N–H and O–H groups in total. The molecule has 0 heterocycles. The van der Waals surface area contributed by atoms with Gasteiger partial charge in [-0.15, -0.1) is 0 Å². The van der Waals surface area contributed by atoms with Crippen molar-refractivity contribution < 1.29 is 4.79 Å². The summed E-state index contributed by atoms with van der Waals surface area (Å²) >= 11 is 5.26. The number of amides is 1. The van der Waals surface area contributed by atoms with Crippen LogP contribution in [0, 0.1) is 5.92 Å². The molecule has 0 bridgehead atoms. The molecular formula is C14H27N3OS. The van der Waals surface area contributed by atoms with Crippen LogP contribution >= 0.6 is 12.2 Å². The van der Waals surface area contributed by atoms with Crippen molar-refractivity contribution in [2.24, 2.45) is 5.92 Å². The van der Waals surface area contributed by atoms with Crippen LogP contribution in [0.2, 0.25) is 0 Å². The third-order valence-electron chi connectivity index (χ3n) is 3.37. The van der Waals surface area contributed by atoms with Gasteiger partial charge in [0.25, 0.3) is 0 Å². The van der Waals surface area contributed by atoms with Crippen molar-refractivity contribution in [2.75, 3.05) is 6.54 Å². The summed E-state index contributed by atoms with van der Waals surface area (Å²) in [4.78, 5) is 11.8. The fraction of sp³-hybridized carbons (Fsp3) is 0.857. The van der Waals surface area contributed by atoms with E-state index >= 15 is 0 Å². The number of carbonyl (C=O) groups excluding carboxylic acids is 1. The molecule has 1 saturated carbocycles. The van der Waals surface area contributed by atoms with Crippen LogP contribution in [0.5, 0.6) is 0 Å². The first-order chi connectivity index (χ1) is 8.99. The third-order valence-corrected chi connectivity index (χ3v) is 3.60. The normalized spacial score (nSPS) is 17.9. The van der Waals surface area contributed by atoms with Crippen LogP contribution in [0.3, 0.4) is 0 Å². The standard InChI is InChI=1S/C14H27N3OS/c1-10(2)9-15-13(18)11(3)16-14(19)17-12-7-5-4-6-8-12/h10-12H,4-9H2,1-3H3,(H,15,18)(H2,16,17,19). The monoisotopic (exact) mass is 285 g/mol. The van der Waals surface area contributed by atoms with E-state index in [1.807, 2.05) is 6.92 Å². The van der Waals surface area contributed by atoms with E-state index in [1.54, 1.807) is 0 Å². The first-order valence-electron chi connectivity index (χ1n) is 7.33. The van der Waals surface area contributed by atoms with Gasteiger partial charge in [0.05, 0.1) is 0 Å². The lowest BCUT2D eigenvalue weighted by molar-refractivity contribution is -0.122. The van der Waals surface area contributed by atoms with E-state index in [0.29, 0.717) is 23.6 Å². The molecule has 0 saturated heterocycles. The average molecular weight is 285 g/mol. The second-order valence-corrected chi connectivity index (χ2v) is 6.22. The summed E-state index contributed by atoms with van der Waals surface area (Å²) in [7, 11) is 0. The number of nitrogens with one attached hydrogen (secondary N) is 3. The number of hydrogen-bond donors (Lipinski definition) is 3. The zero-order valence-electron chi connectivity index (χ0n) is 12.3. The molecule has 1 fully saturated rings. The fourth-order valence-electron chi connectivity index (χ4n) is 2.19. The summed E-state index contributed by atoms with van der Waals surface area (Å²) in [6.45, 7) is 6.69. The van der Waals surface area contributed by atoms with Crippen molar-refractivity contribution >= 4 is 23.2 Å². The van der Waals surface area contributed by atoms with Crippen LogP contribution in [0.1, 0.15) is 52.9 Å². The Kier molecular flexibility index (Phi) is 7.13. The van der Waals surface area contributed by atoms with E-state index in [1.165, 1.54) is 32.1 Å². The van der Waals surface area contributed by atoms with Gasteiger partial charge in [0.2, 0.25) is 5.91 Å². The van der Waals surface area contributed by atoms with Crippen LogP contribution in [0.15, 0.2) is 0 Å². The van der Waals surface area contributed by atoms with E-state index in [-0.39, 0.29) is 11.9 Å². The molecule has 4 nitrogen and oxygen atoms in total. The predicted octanol–water partition coefficient (Wildman–Crippen LogP) is 1.94. The predicted molar refractivity (Wildman–Crippen MR) is 83.1 cm³/mol. The summed E-state index contributed by atoms with van der Waals surface area (Å²) in [5.41, 5.74) is 0. The largest absolute Gasteiger partial charge is 0.360 e. The molecular weight excluding hydrogens is 258 g/mol. The maximum absolute atomic E-state index is 11.8. The quantitative estimate of drug-likeness (QED) is 0.676. The molecule has 1 aliphatic rings. The van der Waals surface area contributed by atoms with E-state index in [4.69, 9.17) is 12.2 Å². The smallest absolute Gasteiger partial charge is 0.242 e. The second kappa shape index (κ2) is 8.35. The summed E-state index contributed by atoms with van der Waals surface area (Å²) in [6.07, 6.45) is 6.22. The number of hydrogen-bond acceptors (Lipinski definition) is 2. The topological polar surface area (TPSA) is 53.2 Å². The van der Waals surface area contributed by atoms with Gasteiger partial charge in [0, 0.05) is 12.6 Å². The minimum absolute atomic E-state index is 0.00138. The van der Waals surface area contributed by atoms with Crippen LogP contribution in [-0.2, 0) is 4.79 Å². The molecule has 5 heteroatoms. The second-order valence-electron chi connectivity index (χ2n) is 5.81. The van der Waals surface area contributed by atoms with Gasteiger partial charge < -0.3 is 16.0 Å². The molecule has 110 valence electrons. The van der Waals surface area contributed by atoms with Crippen LogP contribution in [0.4, 0.5) is 0 Å². The lowest BCUT2D eigenvalue weighted by Crippen LogP contribution is -2.51. The van der Waals surface area contributed by atoms with Gasteiger partial charge in [0.1, 0.15) is 6.04 Å². The average Bonchev–Trinajstić information content (AvgIpc) is 2.36. The summed E-state index contributed by atoms with van der Waals surface area (Å²) < 4.78 is 0. The van der Waals surface area contributed by atoms with E-state index in [9.17, 15) is 4.79 Å². The lowest BCUT2D eigenvalue weighted by Gasteiger charge is -2.25. The van der Waals surface area contributed by atoms with E-state index < -0.39 is 0 Å². The van der Waals surface area contributed by atoms with Gasteiger partial charge >= 0.3 is 0 Å². The van der Waals surface area contributed by atoms with Crippen LogP contribution in [0.25, 0.3) is 0 Å². The molecule has 1 atom stereocenters. The molecule has 0 aromatic heterocycles. The lowest BCUT2D eigenvalue weighted by atomic mass is 9.96. The molecule has 1 rings (SSSR count). The molecule has 0 radical (unpaired) electrons. The summed E-state index contributed by atoms with van der Waals surface area (Å²) in [6, 6.07) is 0.182. The van der Waals surface area contributed by atoms with Gasteiger partial charge in [-0.2, -0.15) is 0 Å². The molecule has 0 aromatic rings. The molecule has 1 unspecified atom stereocenters. The molecule has 0 spiro atoms. The zero-order valence-corrected chi connectivity index (χ0v) is 13.1. The Morgan fingerprint density at radius 1 is 1.21 bits per heavy atom. The maximum Gasteiger partial charge on any atom is 0.242 e. The minimum atomic E-state index is -0.289. The highest BCUT2D eigenvalue weighted by molar-refractivity contribution is 7.80. The van der Waals surface area contributed by atoms with Crippen molar-refractivity contribution in [1.82, 2.24) is 16.0 Å². The highest BCUT2D eigenvalue weighted by atomic mass is 32.1. The fourth-order valence-corrected chi connectivity index (χ4v) is 2.54. The Bertz CT molecular complexity index is 301. The molecule has 0 aliphatic heterocycles. The highest BCUT2D eigenvalue weighted by Gasteiger charge is 2.17. The number of thiocarbonyl (C=S) groups is 1. The van der Waals surface area contributed by atoms with Crippen molar-refractivity contribution in [3.63, 3.8) is 0 Å². The highest BCUT2D eigenvalue weighted by Crippen LogP contribution is 2.17. The summed E-state index contributed by atoms with van der Waals surface area (Å²) in [5.74, 6) is 0.463. The Hall–Kier alpha value is -0.840.